The molecule has 1 saturated heterocycles. The highest BCUT2D eigenvalue weighted by atomic mass is 19.1. The number of rotatable bonds is 8. The molecule has 0 aliphatic carbocycles. The van der Waals surface area contributed by atoms with E-state index in [0.29, 0.717) is 18.7 Å². The summed E-state index contributed by atoms with van der Waals surface area (Å²) >= 11 is 0. The van der Waals surface area contributed by atoms with E-state index in [0.717, 1.165) is 54.8 Å². The molecule has 0 unspecified atom stereocenters. The van der Waals surface area contributed by atoms with Crippen LogP contribution in [0.25, 0.3) is 11.0 Å². The predicted molar refractivity (Wildman–Crippen MR) is 138 cm³/mol. The number of Topliss-reactive ketones (excluding diaryl/α,β-unsaturated/α-hetero) is 1. The van der Waals surface area contributed by atoms with Gasteiger partial charge >= 0.3 is 5.69 Å². The maximum Gasteiger partial charge on any atom is 0.329 e. The Bertz CT molecular complexity index is 1420. The van der Waals surface area contributed by atoms with Crippen LogP contribution < -0.4 is 10.4 Å². The van der Waals surface area contributed by atoms with Crippen LogP contribution in [0.2, 0.25) is 0 Å². The number of benzene rings is 3. The monoisotopic (exact) mass is 487 g/mol. The molecule has 0 radical (unpaired) electrons. The van der Waals surface area contributed by atoms with E-state index in [1.807, 2.05) is 53.1 Å². The van der Waals surface area contributed by atoms with E-state index < -0.39 is 0 Å². The Balaban J connectivity index is 1.27. The average molecular weight is 488 g/mol. The van der Waals surface area contributed by atoms with Crippen LogP contribution >= 0.6 is 0 Å². The fraction of sp³-hybridized carbons (Fsp3) is 0.310. The molecule has 0 spiro atoms. The molecule has 36 heavy (non-hydrogen) atoms. The summed E-state index contributed by atoms with van der Waals surface area (Å²) in [6.45, 7) is 3.35. The summed E-state index contributed by atoms with van der Waals surface area (Å²) in [5.74, 6) is 0.475. The molecule has 1 aromatic heterocycles. The van der Waals surface area contributed by atoms with E-state index in [4.69, 9.17) is 4.74 Å². The summed E-state index contributed by atoms with van der Waals surface area (Å²) in [6.07, 6.45) is 1.53. The number of carbonyl (C=O) groups is 1. The SMILES string of the molecule is COc1ccccc1Cn1c(=O)n(CCN2CCC(C(=O)c3ccc(F)cc3)CC2)c2ccccc21. The van der Waals surface area contributed by atoms with E-state index in [1.165, 1.54) is 12.1 Å². The number of carbonyl (C=O) groups excluding carboxylic acids is 1. The molecular formula is C29H30FN3O3. The lowest BCUT2D eigenvalue weighted by Gasteiger charge is -2.31. The number of methoxy groups -OCH3 is 1. The second-order valence-electron chi connectivity index (χ2n) is 9.31. The van der Waals surface area contributed by atoms with E-state index in [9.17, 15) is 14.0 Å². The van der Waals surface area contributed by atoms with Crippen LogP contribution in [0.4, 0.5) is 4.39 Å². The van der Waals surface area contributed by atoms with Gasteiger partial charge in [0.1, 0.15) is 11.6 Å². The Morgan fingerprint density at radius 3 is 2.22 bits per heavy atom. The van der Waals surface area contributed by atoms with Gasteiger partial charge in [-0.25, -0.2) is 9.18 Å². The van der Waals surface area contributed by atoms with Crippen LogP contribution in [0.3, 0.4) is 0 Å². The first-order valence-electron chi connectivity index (χ1n) is 12.4. The molecular weight excluding hydrogens is 457 g/mol. The normalized spacial score (nSPS) is 14.8. The molecule has 0 N–H and O–H groups in total. The van der Waals surface area contributed by atoms with E-state index >= 15 is 0 Å². The third-order valence-electron chi connectivity index (χ3n) is 7.17. The van der Waals surface area contributed by atoms with Crippen molar-refractivity contribution in [1.82, 2.24) is 14.0 Å². The number of halogens is 1. The maximum atomic E-state index is 13.5. The van der Waals surface area contributed by atoms with E-state index in [1.54, 1.807) is 23.8 Å². The molecule has 3 aromatic carbocycles. The molecule has 1 aliphatic rings. The average Bonchev–Trinajstić information content (AvgIpc) is 3.18. The van der Waals surface area contributed by atoms with Crippen molar-refractivity contribution in [1.29, 1.82) is 0 Å². The van der Waals surface area contributed by atoms with Gasteiger partial charge in [0, 0.05) is 30.1 Å². The Kier molecular flexibility index (Phi) is 7.00. The fourth-order valence-electron chi connectivity index (χ4n) is 5.16. The van der Waals surface area contributed by atoms with Gasteiger partial charge in [0.25, 0.3) is 0 Å². The molecule has 1 aliphatic heterocycles. The smallest absolute Gasteiger partial charge is 0.329 e. The van der Waals surface area contributed by atoms with Gasteiger partial charge in [0.05, 0.1) is 24.7 Å². The van der Waals surface area contributed by atoms with E-state index in [-0.39, 0.29) is 23.2 Å². The Morgan fingerprint density at radius 1 is 0.889 bits per heavy atom. The molecule has 4 aromatic rings. The molecule has 7 heteroatoms. The van der Waals surface area contributed by atoms with Crippen molar-refractivity contribution in [3.63, 3.8) is 0 Å². The summed E-state index contributed by atoms with van der Waals surface area (Å²) in [5, 5.41) is 0. The van der Waals surface area contributed by atoms with Crippen molar-refractivity contribution in [2.45, 2.75) is 25.9 Å². The number of hydrogen-bond donors (Lipinski definition) is 0. The Hall–Kier alpha value is -3.71. The first-order chi connectivity index (χ1) is 17.5. The van der Waals surface area contributed by atoms with Gasteiger partial charge in [0.2, 0.25) is 0 Å². The van der Waals surface area contributed by atoms with Crippen LogP contribution in [0.15, 0.2) is 77.6 Å². The lowest BCUT2D eigenvalue weighted by Crippen LogP contribution is -2.39. The molecule has 5 rings (SSSR count). The van der Waals surface area contributed by atoms with Crippen LogP contribution in [-0.2, 0) is 13.1 Å². The maximum absolute atomic E-state index is 13.5. The standard InChI is InChI=1S/C29H30FN3O3/c1-36-27-9-5-2-6-23(27)20-33-26-8-4-3-7-25(26)32(29(33)35)19-18-31-16-14-22(15-17-31)28(34)21-10-12-24(30)13-11-21/h2-13,22H,14-20H2,1H3. The molecule has 186 valence electrons. The zero-order chi connectivity index (χ0) is 25.1. The highest BCUT2D eigenvalue weighted by Gasteiger charge is 2.26. The third kappa shape index (κ3) is 4.84. The number of fused-ring (bicyclic) bond motifs is 1. The number of aromatic nitrogens is 2. The van der Waals surface area contributed by atoms with Gasteiger partial charge in [0.15, 0.2) is 5.78 Å². The summed E-state index contributed by atoms with van der Waals surface area (Å²) in [6, 6.07) is 21.4. The summed E-state index contributed by atoms with van der Waals surface area (Å²) in [5.41, 5.74) is 3.31. The van der Waals surface area contributed by atoms with Crippen molar-refractivity contribution in [3.05, 3.63) is 100 Å². The molecule has 1 fully saturated rings. The molecule has 2 heterocycles. The number of ether oxygens (including phenoxy) is 1. The van der Waals surface area contributed by atoms with Gasteiger partial charge in [-0.3, -0.25) is 13.9 Å². The minimum atomic E-state index is -0.333. The van der Waals surface area contributed by atoms with Crippen molar-refractivity contribution in [3.8, 4) is 5.75 Å². The summed E-state index contributed by atoms with van der Waals surface area (Å²) < 4.78 is 22.3. The second kappa shape index (κ2) is 10.5. The number of imidazole rings is 1. The van der Waals surface area contributed by atoms with Crippen LogP contribution in [0, 0.1) is 11.7 Å². The summed E-state index contributed by atoms with van der Waals surface area (Å²) in [7, 11) is 1.64. The molecule has 0 bridgehead atoms. The van der Waals surface area contributed by atoms with Gasteiger partial charge in [-0.1, -0.05) is 30.3 Å². The molecule has 0 amide bonds. The topological polar surface area (TPSA) is 56.5 Å². The largest absolute Gasteiger partial charge is 0.496 e. The number of para-hydroxylation sites is 3. The van der Waals surface area contributed by atoms with Crippen LogP contribution in [0.1, 0.15) is 28.8 Å². The highest BCUT2D eigenvalue weighted by molar-refractivity contribution is 5.97. The van der Waals surface area contributed by atoms with Crippen molar-refractivity contribution in [2.75, 3.05) is 26.7 Å². The quantitative estimate of drug-likeness (QED) is 0.341. The van der Waals surface area contributed by atoms with Gasteiger partial charge in [-0.15, -0.1) is 0 Å². The van der Waals surface area contributed by atoms with Gasteiger partial charge < -0.3 is 9.64 Å². The van der Waals surface area contributed by atoms with Gasteiger partial charge in [-0.2, -0.15) is 0 Å². The second-order valence-corrected chi connectivity index (χ2v) is 9.31. The fourth-order valence-corrected chi connectivity index (χ4v) is 5.16. The van der Waals surface area contributed by atoms with Crippen molar-refractivity contribution < 1.29 is 13.9 Å². The minimum Gasteiger partial charge on any atom is -0.496 e. The molecule has 6 nitrogen and oxygen atoms in total. The first kappa shape index (κ1) is 24.0. The third-order valence-corrected chi connectivity index (χ3v) is 7.17. The number of piperidine rings is 1. The Labute approximate surface area is 209 Å². The number of likely N-dealkylation sites (tertiary alicyclic amines) is 1. The van der Waals surface area contributed by atoms with Crippen LogP contribution in [-0.4, -0.2) is 46.6 Å². The zero-order valence-electron chi connectivity index (χ0n) is 20.4. The number of nitrogens with zero attached hydrogens (tertiary/aromatic N) is 3. The lowest BCUT2D eigenvalue weighted by molar-refractivity contribution is 0.0837. The first-order valence-corrected chi connectivity index (χ1v) is 12.4. The summed E-state index contributed by atoms with van der Waals surface area (Å²) in [4.78, 5) is 28.6. The number of ketones is 1. The predicted octanol–water partition coefficient (Wildman–Crippen LogP) is 4.59. The number of hydrogen-bond acceptors (Lipinski definition) is 4. The highest BCUT2D eigenvalue weighted by Crippen LogP contribution is 2.23. The molecule has 0 saturated carbocycles. The minimum absolute atomic E-state index is 0.0384. The Morgan fingerprint density at radius 2 is 1.53 bits per heavy atom. The lowest BCUT2D eigenvalue weighted by atomic mass is 9.89. The van der Waals surface area contributed by atoms with Crippen molar-refractivity contribution >= 4 is 16.8 Å². The van der Waals surface area contributed by atoms with Crippen LogP contribution in [0.5, 0.6) is 5.75 Å². The molecule has 0 atom stereocenters. The van der Waals surface area contributed by atoms with Crippen molar-refractivity contribution in [2.24, 2.45) is 5.92 Å². The zero-order valence-corrected chi connectivity index (χ0v) is 20.4. The van der Waals surface area contributed by atoms with Gasteiger partial charge in [-0.05, 0) is 68.4 Å². The van der Waals surface area contributed by atoms with E-state index in [2.05, 4.69) is 4.90 Å².